The van der Waals surface area contributed by atoms with Crippen molar-refractivity contribution in [3.8, 4) is 5.75 Å². The van der Waals surface area contributed by atoms with Crippen molar-refractivity contribution in [1.29, 1.82) is 0 Å². The van der Waals surface area contributed by atoms with Crippen molar-refractivity contribution < 1.29 is 14.3 Å². The molecule has 0 unspecified atom stereocenters. The summed E-state index contributed by atoms with van der Waals surface area (Å²) in [6.07, 6.45) is 5.74. The number of nitrogens with two attached hydrogens (primary N) is 1. The van der Waals surface area contributed by atoms with Gasteiger partial charge >= 0.3 is 0 Å². The van der Waals surface area contributed by atoms with Crippen LogP contribution in [-0.2, 0) is 9.59 Å². The van der Waals surface area contributed by atoms with Gasteiger partial charge in [-0.3, -0.25) is 9.59 Å². The van der Waals surface area contributed by atoms with E-state index in [1.807, 2.05) is 0 Å². The molecule has 2 amide bonds. The second-order valence-corrected chi connectivity index (χ2v) is 8.46. The first kappa shape index (κ1) is 21.9. The van der Waals surface area contributed by atoms with Gasteiger partial charge in [-0.05, 0) is 55.4 Å². The van der Waals surface area contributed by atoms with Crippen LogP contribution in [0.25, 0.3) is 0 Å². The summed E-state index contributed by atoms with van der Waals surface area (Å²) >= 11 is 6.35. The third-order valence-corrected chi connectivity index (χ3v) is 6.47. The van der Waals surface area contributed by atoms with E-state index < -0.39 is 0 Å². The van der Waals surface area contributed by atoms with Crippen molar-refractivity contribution in [2.45, 2.75) is 25.3 Å². The molecule has 4 atom stereocenters. The number of nitrogens with one attached hydrogen (secondary N) is 3. The molecule has 0 spiro atoms. The zero-order valence-corrected chi connectivity index (χ0v) is 18.4. The predicted octanol–water partition coefficient (Wildman–Crippen LogP) is 3.32. The van der Waals surface area contributed by atoms with Gasteiger partial charge in [0, 0.05) is 11.7 Å². The van der Waals surface area contributed by atoms with E-state index in [-0.39, 0.29) is 29.7 Å². The number of hydrogen-bond acceptors (Lipinski definition) is 7. The lowest BCUT2D eigenvalue weighted by molar-refractivity contribution is -0.123. The van der Waals surface area contributed by atoms with E-state index in [2.05, 4.69) is 32.5 Å². The smallest absolute Gasteiger partial charge is 0.247 e. The SMILES string of the molecule is C=CC(=O)Nc1ccc(OC)c(Nc2ncc(Cl)c(N[C@H]3[C@@H]4CC[C@@H](C4)[C@H]3C(N)=O)n2)c1. The van der Waals surface area contributed by atoms with Crippen LogP contribution in [0.3, 0.4) is 0 Å². The maximum absolute atomic E-state index is 12.0. The molecule has 32 heavy (non-hydrogen) atoms. The van der Waals surface area contributed by atoms with E-state index >= 15 is 0 Å². The van der Waals surface area contributed by atoms with Crippen LogP contribution in [0, 0.1) is 17.8 Å². The molecule has 0 saturated heterocycles. The number of primary amides is 1. The number of methoxy groups -OCH3 is 1. The fraction of sp³-hybridized carbons (Fsp3) is 0.364. The number of carbonyl (C=O) groups is 2. The number of ether oxygens (including phenoxy) is 1. The van der Waals surface area contributed by atoms with Crippen LogP contribution in [0.2, 0.25) is 5.02 Å². The Bertz CT molecular complexity index is 1060. The summed E-state index contributed by atoms with van der Waals surface area (Å²) in [5.74, 6) is 1.07. The molecule has 1 aromatic carbocycles. The van der Waals surface area contributed by atoms with E-state index in [1.165, 1.54) is 19.4 Å². The molecular weight excluding hydrogens is 432 g/mol. The Morgan fingerprint density at radius 1 is 1.31 bits per heavy atom. The molecule has 2 fully saturated rings. The average molecular weight is 457 g/mol. The molecule has 168 valence electrons. The topological polar surface area (TPSA) is 131 Å². The predicted molar refractivity (Wildman–Crippen MR) is 123 cm³/mol. The first-order valence-electron chi connectivity index (χ1n) is 10.4. The Morgan fingerprint density at radius 3 is 2.81 bits per heavy atom. The van der Waals surface area contributed by atoms with Gasteiger partial charge < -0.3 is 26.4 Å². The fourth-order valence-electron chi connectivity index (χ4n) is 4.79. The Balaban J connectivity index is 1.57. The molecular formula is C22H25ClN6O3. The average Bonchev–Trinajstić information content (AvgIpc) is 3.38. The van der Waals surface area contributed by atoms with Crippen molar-refractivity contribution in [1.82, 2.24) is 9.97 Å². The number of carbonyl (C=O) groups excluding carboxylic acids is 2. The van der Waals surface area contributed by atoms with Crippen molar-refractivity contribution >= 4 is 46.6 Å². The van der Waals surface area contributed by atoms with Crippen molar-refractivity contribution in [2.75, 3.05) is 23.1 Å². The molecule has 2 saturated carbocycles. The lowest BCUT2D eigenvalue weighted by Crippen LogP contribution is -2.42. The van der Waals surface area contributed by atoms with E-state index in [4.69, 9.17) is 22.1 Å². The van der Waals surface area contributed by atoms with Crippen LogP contribution < -0.4 is 26.4 Å². The lowest BCUT2D eigenvalue weighted by atomic mass is 9.84. The second kappa shape index (κ2) is 9.04. The molecule has 5 N–H and O–H groups in total. The van der Waals surface area contributed by atoms with Crippen LogP contribution in [0.4, 0.5) is 23.1 Å². The highest BCUT2D eigenvalue weighted by molar-refractivity contribution is 6.32. The van der Waals surface area contributed by atoms with Crippen LogP contribution in [0.1, 0.15) is 19.3 Å². The van der Waals surface area contributed by atoms with Gasteiger partial charge in [0.1, 0.15) is 10.8 Å². The molecule has 2 aliphatic rings. The van der Waals surface area contributed by atoms with Crippen LogP contribution in [0.5, 0.6) is 5.75 Å². The summed E-state index contributed by atoms with van der Waals surface area (Å²) in [5, 5.41) is 9.50. The molecule has 1 heterocycles. The first-order valence-corrected chi connectivity index (χ1v) is 10.7. The van der Waals surface area contributed by atoms with E-state index in [0.29, 0.717) is 39.8 Å². The van der Waals surface area contributed by atoms with Crippen molar-refractivity contribution in [3.05, 3.63) is 42.1 Å². The fourth-order valence-corrected chi connectivity index (χ4v) is 4.94. The Labute approximate surface area is 190 Å². The van der Waals surface area contributed by atoms with Gasteiger partial charge in [0.05, 0.1) is 24.9 Å². The van der Waals surface area contributed by atoms with Crippen LogP contribution >= 0.6 is 11.6 Å². The minimum absolute atomic E-state index is 0.0986. The Hall–Kier alpha value is -3.33. The molecule has 2 aromatic rings. The number of rotatable bonds is 8. The van der Waals surface area contributed by atoms with Gasteiger partial charge in [-0.2, -0.15) is 4.98 Å². The maximum Gasteiger partial charge on any atom is 0.247 e. The number of halogens is 1. The van der Waals surface area contributed by atoms with Gasteiger partial charge in [0.15, 0.2) is 5.82 Å². The maximum atomic E-state index is 12.0. The number of anilines is 4. The number of aromatic nitrogens is 2. The van der Waals surface area contributed by atoms with Gasteiger partial charge in [-0.25, -0.2) is 4.98 Å². The third-order valence-electron chi connectivity index (χ3n) is 6.19. The first-order chi connectivity index (χ1) is 15.4. The molecule has 10 heteroatoms. The van der Waals surface area contributed by atoms with Crippen molar-refractivity contribution in [3.63, 3.8) is 0 Å². The van der Waals surface area contributed by atoms with Gasteiger partial charge in [-0.15, -0.1) is 0 Å². The monoisotopic (exact) mass is 456 g/mol. The highest BCUT2D eigenvalue weighted by atomic mass is 35.5. The summed E-state index contributed by atoms with van der Waals surface area (Å²) in [6, 6.07) is 5.02. The van der Waals surface area contributed by atoms with Crippen molar-refractivity contribution in [2.24, 2.45) is 23.5 Å². The minimum Gasteiger partial charge on any atom is -0.495 e. The standard InChI is InChI=1S/C22H25ClN6O3/c1-3-17(30)26-13-6-7-16(32-2)15(9-13)27-22-25-10-14(23)21(29-22)28-19-12-5-4-11(8-12)18(19)20(24)31/h3,6-7,9-12,18-19H,1,4-5,8H2,2H3,(H2,24,31)(H,26,30)(H2,25,27,28,29)/t11-,12+,18+,19-/m0/s1. The van der Waals surface area contributed by atoms with Gasteiger partial charge in [-0.1, -0.05) is 18.2 Å². The van der Waals surface area contributed by atoms with Gasteiger partial charge in [0.25, 0.3) is 0 Å². The zero-order valence-electron chi connectivity index (χ0n) is 17.6. The molecule has 4 rings (SSSR count). The Morgan fingerprint density at radius 2 is 2.09 bits per heavy atom. The normalized spacial score (nSPS) is 23.4. The summed E-state index contributed by atoms with van der Waals surface area (Å²) in [6.45, 7) is 3.45. The summed E-state index contributed by atoms with van der Waals surface area (Å²) < 4.78 is 5.40. The van der Waals surface area contributed by atoms with E-state index in [0.717, 1.165) is 19.3 Å². The van der Waals surface area contributed by atoms with Crippen LogP contribution in [0.15, 0.2) is 37.1 Å². The zero-order chi connectivity index (χ0) is 22.8. The molecule has 1 aromatic heterocycles. The highest BCUT2D eigenvalue weighted by Gasteiger charge is 2.50. The second-order valence-electron chi connectivity index (χ2n) is 8.06. The quantitative estimate of drug-likeness (QED) is 0.448. The van der Waals surface area contributed by atoms with E-state index in [1.54, 1.807) is 18.2 Å². The Kier molecular flexibility index (Phi) is 6.18. The molecule has 0 aliphatic heterocycles. The third kappa shape index (κ3) is 4.34. The molecule has 2 bridgehead atoms. The number of benzene rings is 1. The van der Waals surface area contributed by atoms with E-state index in [9.17, 15) is 9.59 Å². The number of hydrogen-bond donors (Lipinski definition) is 4. The minimum atomic E-state index is -0.329. The molecule has 2 aliphatic carbocycles. The van der Waals surface area contributed by atoms with Crippen LogP contribution in [-0.4, -0.2) is 34.9 Å². The number of nitrogens with zero attached hydrogens (tertiary/aromatic N) is 2. The molecule has 9 nitrogen and oxygen atoms in total. The van der Waals surface area contributed by atoms with Gasteiger partial charge in [0.2, 0.25) is 17.8 Å². The lowest BCUT2D eigenvalue weighted by Gasteiger charge is -2.30. The largest absolute Gasteiger partial charge is 0.495 e. The summed E-state index contributed by atoms with van der Waals surface area (Å²) in [5.41, 5.74) is 6.79. The summed E-state index contributed by atoms with van der Waals surface area (Å²) in [4.78, 5) is 32.4. The highest BCUT2D eigenvalue weighted by Crippen LogP contribution is 2.49. The number of amides is 2. The summed E-state index contributed by atoms with van der Waals surface area (Å²) in [7, 11) is 1.54. The number of fused-ring (bicyclic) bond motifs is 2. The molecule has 0 radical (unpaired) electrons.